The molecule has 2 aromatic rings. The number of aryl methyl sites for hydroxylation is 1. The molecule has 0 aliphatic rings. The van der Waals surface area contributed by atoms with Crippen molar-refractivity contribution in [3.8, 4) is 5.69 Å². The number of aromatic amines is 1. The molecule has 0 aliphatic carbocycles. The van der Waals surface area contributed by atoms with Crippen LogP contribution in [-0.4, -0.2) is 16.8 Å². The summed E-state index contributed by atoms with van der Waals surface area (Å²) < 4.78 is 1.53. The van der Waals surface area contributed by atoms with E-state index >= 15 is 0 Å². The van der Waals surface area contributed by atoms with Crippen molar-refractivity contribution in [3.63, 3.8) is 0 Å². The highest BCUT2D eigenvalue weighted by Gasteiger charge is 2.07. The number of anilines is 1. The standard InChI is InChI=1S/C11H13N3O/c1-8-5-3-4-6-10(8)14-11(15)9(12-2)7-13-14/h3-7,12-13H,1-2H3. The van der Waals surface area contributed by atoms with Crippen LogP contribution in [0, 0.1) is 6.92 Å². The zero-order valence-corrected chi connectivity index (χ0v) is 8.74. The first-order chi connectivity index (χ1) is 7.24. The molecule has 0 saturated heterocycles. The molecule has 78 valence electrons. The molecular formula is C11H13N3O. The van der Waals surface area contributed by atoms with Gasteiger partial charge < -0.3 is 5.32 Å². The summed E-state index contributed by atoms with van der Waals surface area (Å²) in [6, 6.07) is 7.74. The molecule has 0 atom stereocenters. The first-order valence-electron chi connectivity index (χ1n) is 4.78. The number of nitrogens with one attached hydrogen (secondary N) is 2. The van der Waals surface area contributed by atoms with E-state index in [1.807, 2.05) is 31.2 Å². The minimum atomic E-state index is -0.0631. The van der Waals surface area contributed by atoms with Crippen molar-refractivity contribution in [1.29, 1.82) is 0 Å². The Morgan fingerprint density at radius 2 is 2.07 bits per heavy atom. The Bertz CT molecular complexity index is 525. The van der Waals surface area contributed by atoms with Gasteiger partial charge in [0.15, 0.2) is 0 Å². The normalized spacial score (nSPS) is 10.3. The Morgan fingerprint density at radius 1 is 1.33 bits per heavy atom. The molecule has 2 rings (SSSR count). The molecule has 0 fully saturated rings. The topological polar surface area (TPSA) is 49.8 Å². The van der Waals surface area contributed by atoms with E-state index in [1.54, 1.807) is 13.2 Å². The number of benzene rings is 1. The van der Waals surface area contributed by atoms with Gasteiger partial charge in [-0.2, -0.15) is 0 Å². The summed E-state index contributed by atoms with van der Waals surface area (Å²) in [5.41, 5.74) is 2.44. The monoisotopic (exact) mass is 203 g/mol. The molecular weight excluding hydrogens is 190 g/mol. The summed E-state index contributed by atoms with van der Waals surface area (Å²) in [5.74, 6) is 0. The third-order valence-corrected chi connectivity index (χ3v) is 2.40. The number of aromatic nitrogens is 2. The maximum atomic E-state index is 11.8. The van der Waals surface area contributed by atoms with Crippen molar-refractivity contribution in [2.24, 2.45) is 0 Å². The van der Waals surface area contributed by atoms with Gasteiger partial charge in [0.25, 0.3) is 5.56 Å². The lowest BCUT2D eigenvalue weighted by molar-refractivity contribution is 0.843. The van der Waals surface area contributed by atoms with Crippen LogP contribution in [0.5, 0.6) is 0 Å². The second-order valence-electron chi connectivity index (χ2n) is 3.36. The quantitative estimate of drug-likeness (QED) is 0.777. The second kappa shape index (κ2) is 3.65. The average molecular weight is 203 g/mol. The third-order valence-electron chi connectivity index (χ3n) is 2.40. The van der Waals surface area contributed by atoms with Crippen LogP contribution in [0.4, 0.5) is 5.69 Å². The Kier molecular flexibility index (Phi) is 2.33. The third kappa shape index (κ3) is 1.54. The van der Waals surface area contributed by atoms with Crippen molar-refractivity contribution in [1.82, 2.24) is 9.78 Å². The number of hydrogen-bond donors (Lipinski definition) is 2. The van der Waals surface area contributed by atoms with Crippen LogP contribution >= 0.6 is 0 Å². The first-order valence-corrected chi connectivity index (χ1v) is 4.78. The highest BCUT2D eigenvalue weighted by molar-refractivity contribution is 5.44. The molecule has 4 heteroatoms. The van der Waals surface area contributed by atoms with E-state index in [-0.39, 0.29) is 5.56 Å². The molecule has 15 heavy (non-hydrogen) atoms. The van der Waals surface area contributed by atoms with Crippen LogP contribution in [-0.2, 0) is 0 Å². The van der Waals surface area contributed by atoms with Gasteiger partial charge in [-0.25, -0.2) is 4.68 Å². The van der Waals surface area contributed by atoms with Gasteiger partial charge in [0.2, 0.25) is 0 Å². The molecule has 4 nitrogen and oxygen atoms in total. The lowest BCUT2D eigenvalue weighted by atomic mass is 10.2. The van der Waals surface area contributed by atoms with E-state index in [0.29, 0.717) is 5.69 Å². The van der Waals surface area contributed by atoms with Gasteiger partial charge >= 0.3 is 0 Å². The van der Waals surface area contributed by atoms with E-state index in [9.17, 15) is 4.79 Å². The lowest BCUT2D eigenvalue weighted by Crippen LogP contribution is -2.17. The Hall–Kier alpha value is -1.97. The Balaban J connectivity index is 2.60. The molecule has 0 bridgehead atoms. The van der Waals surface area contributed by atoms with Gasteiger partial charge in [0, 0.05) is 13.2 Å². The average Bonchev–Trinajstić information content (AvgIpc) is 2.60. The molecule has 1 heterocycles. The van der Waals surface area contributed by atoms with E-state index in [2.05, 4.69) is 10.4 Å². The summed E-state index contributed by atoms with van der Waals surface area (Å²) in [6.07, 6.45) is 1.66. The van der Waals surface area contributed by atoms with Gasteiger partial charge in [-0.15, -0.1) is 0 Å². The summed E-state index contributed by atoms with van der Waals surface area (Å²) in [4.78, 5) is 11.8. The van der Waals surface area contributed by atoms with Crippen molar-refractivity contribution in [2.45, 2.75) is 6.92 Å². The minimum absolute atomic E-state index is 0.0631. The smallest absolute Gasteiger partial charge is 0.294 e. The molecule has 2 N–H and O–H groups in total. The van der Waals surface area contributed by atoms with Crippen molar-refractivity contribution in [2.75, 3.05) is 12.4 Å². The number of nitrogens with zero attached hydrogens (tertiary/aromatic N) is 1. The zero-order valence-electron chi connectivity index (χ0n) is 8.74. The number of hydrogen-bond acceptors (Lipinski definition) is 2. The molecule has 1 aromatic heterocycles. The largest absolute Gasteiger partial charge is 0.382 e. The highest BCUT2D eigenvalue weighted by atomic mass is 16.1. The van der Waals surface area contributed by atoms with Crippen LogP contribution in [0.15, 0.2) is 35.3 Å². The van der Waals surface area contributed by atoms with Crippen LogP contribution in [0.2, 0.25) is 0 Å². The summed E-state index contributed by atoms with van der Waals surface area (Å²) in [6.45, 7) is 1.97. The SMILES string of the molecule is CNc1c[nH]n(-c2ccccc2C)c1=O. The fourth-order valence-electron chi connectivity index (χ4n) is 1.54. The van der Waals surface area contributed by atoms with Crippen LogP contribution in [0.25, 0.3) is 5.69 Å². The van der Waals surface area contributed by atoms with Crippen molar-refractivity contribution < 1.29 is 0 Å². The van der Waals surface area contributed by atoms with E-state index < -0.39 is 0 Å². The highest BCUT2D eigenvalue weighted by Crippen LogP contribution is 2.10. The molecule has 1 aromatic carbocycles. The summed E-state index contributed by atoms with van der Waals surface area (Å²) >= 11 is 0. The molecule has 0 spiro atoms. The lowest BCUT2D eigenvalue weighted by Gasteiger charge is -2.04. The van der Waals surface area contributed by atoms with Crippen LogP contribution in [0.3, 0.4) is 0 Å². The minimum Gasteiger partial charge on any atom is -0.382 e. The van der Waals surface area contributed by atoms with E-state index in [1.165, 1.54) is 4.68 Å². The van der Waals surface area contributed by atoms with Crippen molar-refractivity contribution >= 4 is 5.69 Å². The van der Waals surface area contributed by atoms with Crippen LogP contribution < -0.4 is 10.9 Å². The number of para-hydroxylation sites is 1. The predicted molar refractivity (Wildman–Crippen MR) is 60.7 cm³/mol. The van der Waals surface area contributed by atoms with E-state index in [4.69, 9.17) is 0 Å². The maximum absolute atomic E-state index is 11.8. The Labute approximate surface area is 87.5 Å². The molecule has 0 aliphatic heterocycles. The second-order valence-corrected chi connectivity index (χ2v) is 3.36. The van der Waals surface area contributed by atoms with Crippen LogP contribution in [0.1, 0.15) is 5.56 Å². The fourth-order valence-corrected chi connectivity index (χ4v) is 1.54. The summed E-state index contributed by atoms with van der Waals surface area (Å²) in [5, 5.41) is 5.76. The van der Waals surface area contributed by atoms with E-state index in [0.717, 1.165) is 11.3 Å². The Morgan fingerprint density at radius 3 is 2.67 bits per heavy atom. The summed E-state index contributed by atoms with van der Waals surface area (Å²) in [7, 11) is 1.73. The zero-order chi connectivity index (χ0) is 10.8. The maximum Gasteiger partial charge on any atom is 0.294 e. The van der Waals surface area contributed by atoms with Gasteiger partial charge in [0.1, 0.15) is 5.69 Å². The first kappa shape index (κ1) is 9.58. The van der Waals surface area contributed by atoms with Gasteiger partial charge in [0.05, 0.1) is 5.69 Å². The number of rotatable bonds is 2. The fraction of sp³-hybridized carbons (Fsp3) is 0.182. The van der Waals surface area contributed by atoms with Gasteiger partial charge in [-0.3, -0.25) is 9.89 Å². The predicted octanol–water partition coefficient (Wildman–Crippen LogP) is 1.52. The van der Waals surface area contributed by atoms with Crippen molar-refractivity contribution in [3.05, 3.63) is 46.4 Å². The van der Waals surface area contributed by atoms with Gasteiger partial charge in [-0.05, 0) is 18.6 Å². The molecule has 0 saturated carbocycles. The van der Waals surface area contributed by atoms with Gasteiger partial charge in [-0.1, -0.05) is 18.2 Å². The molecule has 0 unspecified atom stereocenters. The molecule has 0 amide bonds. The molecule has 0 radical (unpaired) electrons. The number of H-pyrrole nitrogens is 1.